The molecule has 2 aromatic carbocycles. The number of nitrogens with zero attached hydrogens (tertiary/aromatic N) is 2. The summed E-state index contributed by atoms with van der Waals surface area (Å²) in [6, 6.07) is 14.8. The van der Waals surface area contributed by atoms with Gasteiger partial charge in [-0.3, -0.25) is 4.79 Å². The Labute approximate surface area is 202 Å². The molecule has 0 fully saturated rings. The third-order valence-corrected chi connectivity index (χ3v) is 6.65. The Morgan fingerprint density at radius 2 is 2.03 bits per heavy atom. The summed E-state index contributed by atoms with van der Waals surface area (Å²) < 4.78 is 13.4. The molecule has 0 spiro atoms. The fraction of sp³-hybridized carbons (Fsp3) is 0.379. The van der Waals surface area contributed by atoms with Crippen molar-refractivity contribution in [3.8, 4) is 17.1 Å². The van der Waals surface area contributed by atoms with Crippen molar-refractivity contribution in [1.82, 2.24) is 9.55 Å². The Kier molecular flexibility index (Phi) is 7.51. The van der Waals surface area contributed by atoms with Crippen LogP contribution in [-0.2, 0) is 35.8 Å². The molecule has 1 aliphatic rings. The van der Waals surface area contributed by atoms with E-state index < -0.39 is 0 Å². The first-order valence-electron chi connectivity index (χ1n) is 12.1. The third kappa shape index (κ3) is 5.24. The first-order chi connectivity index (χ1) is 16.5. The van der Waals surface area contributed by atoms with Gasteiger partial charge in [0, 0.05) is 24.7 Å². The minimum atomic E-state index is -0.112. The highest BCUT2D eigenvalue weighted by molar-refractivity contribution is 5.71. The van der Waals surface area contributed by atoms with Crippen LogP contribution in [0.15, 0.2) is 55.1 Å². The van der Waals surface area contributed by atoms with Crippen molar-refractivity contribution in [2.24, 2.45) is 7.05 Å². The van der Waals surface area contributed by atoms with E-state index >= 15 is 0 Å². The Morgan fingerprint density at radius 1 is 1.24 bits per heavy atom. The van der Waals surface area contributed by atoms with Crippen LogP contribution in [0, 0.1) is 6.92 Å². The fourth-order valence-corrected chi connectivity index (χ4v) is 4.90. The maximum atomic E-state index is 11.9. The van der Waals surface area contributed by atoms with Crippen LogP contribution in [-0.4, -0.2) is 28.7 Å². The van der Waals surface area contributed by atoms with Gasteiger partial charge in [-0.2, -0.15) is 0 Å². The Morgan fingerprint density at radius 3 is 2.76 bits per heavy atom. The van der Waals surface area contributed by atoms with Crippen LogP contribution >= 0.6 is 0 Å². The normalized spacial score (nSPS) is 14.6. The third-order valence-electron chi connectivity index (χ3n) is 6.65. The molecule has 0 saturated heterocycles. The van der Waals surface area contributed by atoms with Gasteiger partial charge >= 0.3 is 5.97 Å². The number of ether oxygens (including phenoxy) is 2. The van der Waals surface area contributed by atoms with Crippen LogP contribution in [0.3, 0.4) is 0 Å². The molecule has 1 heterocycles. The van der Waals surface area contributed by atoms with Crippen molar-refractivity contribution in [3.05, 3.63) is 83.2 Å². The summed E-state index contributed by atoms with van der Waals surface area (Å²) in [5.41, 5.74) is 7.12. The number of carbonyl (C=O) groups is 1. The molecule has 5 nitrogen and oxygen atoms in total. The maximum Gasteiger partial charge on any atom is 0.306 e. The lowest BCUT2D eigenvalue weighted by atomic mass is 9.98. The molecule has 5 heteroatoms. The standard InChI is InChI=1S/C29H34N2O3/c1-5-7-21-8-10-22(11-9-21)29-30-20(3)27(31(29)4)16-17-34-25-14-15-26-23(18-25)12-13-24(26)19-28(32)33-6-2/h5,8-11,14-15,18,24H,1,6-7,12-13,16-17,19H2,2-4H3/t24-/m0/s1. The molecule has 1 atom stereocenters. The van der Waals surface area contributed by atoms with Crippen molar-refractivity contribution in [1.29, 1.82) is 0 Å². The maximum absolute atomic E-state index is 11.9. The summed E-state index contributed by atoms with van der Waals surface area (Å²) in [5.74, 6) is 2.00. The second kappa shape index (κ2) is 10.7. The molecule has 178 valence electrons. The van der Waals surface area contributed by atoms with Gasteiger partial charge in [-0.25, -0.2) is 4.98 Å². The molecular weight excluding hydrogens is 424 g/mol. The Bertz CT molecular complexity index is 1160. The van der Waals surface area contributed by atoms with Gasteiger partial charge in [0.25, 0.3) is 0 Å². The van der Waals surface area contributed by atoms with E-state index in [1.165, 1.54) is 22.4 Å². The first-order valence-corrected chi connectivity index (χ1v) is 12.1. The number of aryl methyl sites for hydroxylation is 2. The molecule has 0 bridgehead atoms. The van der Waals surface area contributed by atoms with Crippen LogP contribution in [0.5, 0.6) is 5.75 Å². The lowest BCUT2D eigenvalue weighted by Crippen LogP contribution is -2.09. The molecule has 0 saturated carbocycles. The zero-order chi connectivity index (χ0) is 24.1. The molecule has 0 radical (unpaired) electrons. The molecule has 4 rings (SSSR count). The fourth-order valence-electron chi connectivity index (χ4n) is 4.90. The Hall–Kier alpha value is -3.34. The lowest BCUT2D eigenvalue weighted by molar-refractivity contribution is -0.143. The summed E-state index contributed by atoms with van der Waals surface area (Å²) in [6.45, 7) is 8.74. The van der Waals surface area contributed by atoms with E-state index in [4.69, 9.17) is 14.5 Å². The van der Waals surface area contributed by atoms with Gasteiger partial charge < -0.3 is 14.0 Å². The largest absolute Gasteiger partial charge is 0.493 e. The van der Waals surface area contributed by atoms with Crippen molar-refractivity contribution in [3.63, 3.8) is 0 Å². The number of imidazole rings is 1. The molecule has 0 unspecified atom stereocenters. The van der Waals surface area contributed by atoms with E-state index in [1.807, 2.05) is 19.1 Å². The van der Waals surface area contributed by atoms with Crippen molar-refractivity contribution in [2.75, 3.05) is 13.2 Å². The minimum Gasteiger partial charge on any atom is -0.493 e. The van der Waals surface area contributed by atoms with Gasteiger partial charge in [-0.1, -0.05) is 36.4 Å². The van der Waals surface area contributed by atoms with Gasteiger partial charge in [-0.15, -0.1) is 6.58 Å². The van der Waals surface area contributed by atoms with Gasteiger partial charge in [-0.05, 0) is 67.9 Å². The molecule has 0 N–H and O–H groups in total. The summed E-state index contributed by atoms with van der Waals surface area (Å²) in [4.78, 5) is 16.7. The van der Waals surface area contributed by atoms with Gasteiger partial charge in [0.2, 0.25) is 0 Å². The number of hydrogen-bond acceptors (Lipinski definition) is 4. The summed E-state index contributed by atoms with van der Waals surface area (Å²) in [7, 11) is 2.07. The number of benzene rings is 2. The van der Waals surface area contributed by atoms with Crippen LogP contribution in [0.2, 0.25) is 0 Å². The van der Waals surface area contributed by atoms with Crippen LogP contribution < -0.4 is 4.74 Å². The van der Waals surface area contributed by atoms with Crippen molar-refractivity contribution < 1.29 is 14.3 Å². The number of hydrogen-bond donors (Lipinski definition) is 0. The Balaban J connectivity index is 1.38. The number of esters is 1. The zero-order valence-electron chi connectivity index (χ0n) is 20.5. The van der Waals surface area contributed by atoms with Gasteiger partial charge in [0.05, 0.1) is 25.3 Å². The highest BCUT2D eigenvalue weighted by atomic mass is 16.5. The van der Waals surface area contributed by atoms with Crippen molar-refractivity contribution in [2.45, 2.75) is 51.9 Å². The zero-order valence-corrected chi connectivity index (χ0v) is 20.5. The lowest BCUT2D eigenvalue weighted by Gasteiger charge is -2.12. The van der Waals surface area contributed by atoms with E-state index in [2.05, 4.69) is 61.5 Å². The molecule has 3 aromatic rings. The molecule has 0 aliphatic heterocycles. The quantitative estimate of drug-likeness (QED) is 0.288. The summed E-state index contributed by atoms with van der Waals surface area (Å²) in [5, 5.41) is 0. The molecule has 0 amide bonds. The van der Waals surface area contributed by atoms with Gasteiger partial charge in [0.15, 0.2) is 0 Å². The summed E-state index contributed by atoms with van der Waals surface area (Å²) >= 11 is 0. The number of allylic oxidation sites excluding steroid dienone is 1. The second-order valence-corrected chi connectivity index (χ2v) is 8.92. The molecule has 34 heavy (non-hydrogen) atoms. The average molecular weight is 459 g/mol. The van der Waals surface area contributed by atoms with E-state index in [0.717, 1.165) is 48.5 Å². The van der Waals surface area contributed by atoms with E-state index in [9.17, 15) is 4.79 Å². The second-order valence-electron chi connectivity index (χ2n) is 8.92. The van der Waals surface area contributed by atoms with E-state index in [1.54, 1.807) is 0 Å². The first kappa shape index (κ1) is 23.8. The summed E-state index contributed by atoms with van der Waals surface area (Å²) in [6.07, 6.45) is 6.00. The predicted octanol–water partition coefficient (Wildman–Crippen LogP) is 5.73. The molecule has 1 aromatic heterocycles. The monoisotopic (exact) mass is 458 g/mol. The molecular formula is C29H34N2O3. The van der Waals surface area contributed by atoms with Crippen LogP contribution in [0.1, 0.15) is 53.8 Å². The smallest absolute Gasteiger partial charge is 0.306 e. The molecule has 1 aliphatic carbocycles. The van der Waals surface area contributed by atoms with Crippen LogP contribution in [0.4, 0.5) is 0 Å². The predicted molar refractivity (Wildman–Crippen MR) is 135 cm³/mol. The number of rotatable bonds is 10. The number of fused-ring (bicyclic) bond motifs is 1. The topological polar surface area (TPSA) is 53.4 Å². The number of carbonyl (C=O) groups excluding carboxylic acids is 1. The van der Waals surface area contributed by atoms with Crippen LogP contribution in [0.25, 0.3) is 11.4 Å². The van der Waals surface area contributed by atoms with Gasteiger partial charge in [0.1, 0.15) is 11.6 Å². The van der Waals surface area contributed by atoms with E-state index in [0.29, 0.717) is 19.6 Å². The highest BCUT2D eigenvalue weighted by Crippen LogP contribution is 2.37. The SMILES string of the molecule is C=CCc1ccc(-c2nc(C)c(CCOc3ccc4c(c3)CC[C@H]4CC(=O)OCC)n2C)cc1. The minimum absolute atomic E-state index is 0.112. The van der Waals surface area contributed by atoms with E-state index in [-0.39, 0.29) is 11.9 Å². The van der Waals surface area contributed by atoms with Crippen molar-refractivity contribution >= 4 is 5.97 Å². The number of aromatic nitrogens is 2. The highest BCUT2D eigenvalue weighted by Gasteiger charge is 2.25. The average Bonchev–Trinajstić information content (AvgIpc) is 3.35.